The number of hydrogen-bond donors (Lipinski definition) is 11. The van der Waals surface area contributed by atoms with E-state index in [4.69, 9.17) is 59.5 Å². The highest BCUT2D eigenvalue weighted by molar-refractivity contribution is 7.01. The Balaban J connectivity index is 0.817. The Morgan fingerprint density at radius 1 is 0.386 bits per heavy atom. The summed E-state index contributed by atoms with van der Waals surface area (Å²) in [7, 11) is -52.3. The summed E-state index contributed by atoms with van der Waals surface area (Å²) in [5.74, 6) is -0.148. The smallest absolute Gasteiger partial charge is 0.412 e. The van der Waals surface area contributed by atoms with Crippen LogP contribution in [0.4, 0.5) is 0 Å². The normalized spacial score (nSPS) is 46.8. The Morgan fingerprint density at radius 2 is 0.657 bits per heavy atom. The van der Waals surface area contributed by atoms with E-state index in [9.17, 15) is 52.8 Å². The minimum Gasteiger partial charge on any atom is -0.412 e. The molecule has 404 valence electrons. The van der Waals surface area contributed by atoms with E-state index in [1.54, 1.807) is 80.1 Å². The summed E-state index contributed by atoms with van der Waals surface area (Å²) >= 11 is 0. The SMILES string of the molecule is CC12O[Si](O)(O)O[Si]3(CCCCCCCC(=O)NCCCCCC[Si]45OC67C(C)(O[Si](O)(O)O4)[Si](C)(C)O[Si]6(O)O[Si](C)(C)C7(C)O[Si](O)(O)O5)OC14C(C)(O[Si](O)(O)O3)[Si](C)(C)O[Si]4(O)O[Si]2(C)C. The van der Waals surface area contributed by atoms with Gasteiger partial charge in [0.2, 0.25) is 39.2 Å². The van der Waals surface area contributed by atoms with Gasteiger partial charge < -0.3 is 113 Å². The Morgan fingerprint density at radius 3 is 0.971 bits per heavy atom. The summed E-state index contributed by atoms with van der Waals surface area (Å²) in [5.41, 5.74) is 0. The second kappa shape index (κ2) is 17.1. The lowest BCUT2D eigenvalue weighted by Gasteiger charge is -2.53. The Kier molecular flexibility index (Phi) is 14.0. The van der Waals surface area contributed by atoms with Crippen molar-refractivity contribution >= 4 is 111 Å². The van der Waals surface area contributed by atoms with Gasteiger partial charge in [-0.05, 0) is 106 Å². The summed E-state index contributed by atoms with van der Waals surface area (Å²) in [5, 5.41) is -8.13. The van der Waals surface area contributed by atoms with Gasteiger partial charge in [0.05, 0.1) is 0 Å². The molecule has 2 spiro atoms. The molecule has 8 aliphatic heterocycles. The monoisotopic (exact) mass is 1210 g/mol. The van der Waals surface area contributed by atoms with Crippen molar-refractivity contribution in [3.05, 3.63) is 0 Å². The highest BCUT2D eigenvalue weighted by atomic mass is 28.5. The highest BCUT2D eigenvalue weighted by Gasteiger charge is 3.00. The van der Waals surface area contributed by atoms with E-state index in [-0.39, 0.29) is 24.4 Å². The quantitative estimate of drug-likeness (QED) is 0.0645. The van der Waals surface area contributed by atoms with Crippen LogP contribution < -0.4 is 5.32 Å². The van der Waals surface area contributed by atoms with Crippen molar-refractivity contribution in [3.63, 3.8) is 0 Å². The first-order valence-electron chi connectivity index (χ1n) is 23.8. The van der Waals surface area contributed by atoms with Gasteiger partial charge >= 0.3 is 71.4 Å². The van der Waals surface area contributed by atoms with E-state index >= 15 is 0 Å². The van der Waals surface area contributed by atoms with Gasteiger partial charge in [0.15, 0.2) is 10.4 Å². The fourth-order valence-electron chi connectivity index (χ4n) is 12.4. The topological polar surface area (TPSA) is 361 Å². The van der Waals surface area contributed by atoms with Crippen molar-refractivity contribution in [2.24, 2.45) is 0 Å². The van der Waals surface area contributed by atoms with E-state index in [1.807, 2.05) is 0 Å². The van der Waals surface area contributed by atoms with Crippen LogP contribution >= 0.6 is 0 Å². The standard InChI is InChI=1S/C32H73NO25Si12/c1-27-31-28(2,60(7,8)52-65(31,35)51-59(27,5)6)46-68(39,40)56-63(49-31,55-67(37,38)45-27)24-20-16-13-14-18-22-26(34)33-23-19-15-17-21-25-64-50-32-29(3,47-69(41,42)57-64)61(9,10)53-66(32,36)54-62(11,12)30(32,4)48-70(43,44)58-64/h35-44H,13-25H2,1-12H3,(H,33,34). The van der Waals surface area contributed by atoms with Gasteiger partial charge in [0.1, 0.15) is 20.9 Å². The van der Waals surface area contributed by atoms with Crippen molar-refractivity contribution in [3.8, 4) is 0 Å². The number of hydrogen-bond acceptors (Lipinski definition) is 25. The number of carbonyl (C=O) groups is 1. The first-order valence-corrected chi connectivity index (χ1v) is 49.7. The predicted molar refractivity (Wildman–Crippen MR) is 261 cm³/mol. The molecule has 4 unspecified atom stereocenters. The largest absolute Gasteiger partial charge is 0.667 e. The van der Waals surface area contributed by atoms with Crippen LogP contribution in [0.15, 0.2) is 0 Å². The summed E-state index contributed by atoms with van der Waals surface area (Å²) < 4.78 is 87.0. The molecule has 0 radical (unpaired) electrons. The first-order chi connectivity index (χ1) is 31.5. The van der Waals surface area contributed by atoms with Crippen molar-refractivity contribution in [2.75, 3.05) is 6.54 Å². The Hall–Kier alpha value is 1.11. The number of nitrogens with one attached hydrogen (secondary N) is 1. The number of amides is 1. The van der Waals surface area contributed by atoms with Crippen molar-refractivity contribution < 1.29 is 112 Å². The lowest BCUT2D eigenvalue weighted by atomic mass is 10.1. The number of carbonyl (C=O) groups excluding carboxylic acids is 1. The predicted octanol–water partition coefficient (Wildman–Crippen LogP) is -1.67. The number of unbranched alkanes of at least 4 members (excludes halogenated alkanes) is 7. The van der Waals surface area contributed by atoms with Crippen molar-refractivity contribution in [1.82, 2.24) is 5.32 Å². The maximum absolute atomic E-state index is 12.8. The Bertz CT molecular complexity index is 1860. The molecule has 8 heterocycles. The van der Waals surface area contributed by atoms with Gasteiger partial charge in [-0.15, -0.1) is 0 Å². The zero-order valence-electron chi connectivity index (χ0n) is 41.8. The number of rotatable bonds is 15. The van der Waals surface area contributed by atoms with E-state index in [0.717, 1.165) is 0 Å². The van der Waals surface area contributed by atoms with Crippen LogP contribution in [-0.2, 0) is 64.3 Å². The van der Waals surface area contributed by atoms with Crippen molar-refractivity contribution in [2.45, 2.75) is 188 Å². The van der Waals surface area contributed by atoms with E-state index < -0.39 is 136 Å². The Labute approximate surface area is 420 Å². The zero-order valence-corrected chi connectivity index (χ0v) is 53.8. The van der Waals surface area contributed by atoms with Crippen LogP contribution in [0.5, 0.6) is 0 Å². The third-order valence-corrected chi connectivity index (χ3v) is 61.3. The molecule has 70 heavy (non-hydrogen) atoms. The summed E-state index contributed by atoms with van der Waals surface area (Å²) in [6.45, 7) is 20.2. The molecule has 0 saturated carbocycles. The van der Waals surface area contributed by atoms with E-state index in [1.165, 1.54) is 0 Å². The minimum atomic E-state index is -5.17. The summed E-state index contributed by atoms with van der Waals surface area (Å²) in [4.78, 5) is 128. The molecular weight excluding hydrogens is 1140 g/mol. The van der Waals surface area contributed by atoms with Crippen LogP contribution in [0.2, 0.25) is 64.5 Å². The minimum absolute atomic E-state index is 0.113. The van der Waals surface area contributed by atoms with Gasteiger partial charge in [-0.3, -0.25) is 4.79 Å². The van der Waals surface area contributed by atoms with Gasteiger partial charge in [0, 0.05) is 25.1 Å². The fraction of sp³-hybridized carbons (Fsp3) is 0.969. The van der Waals surface area contributed by atoms with Crippen LogP contribution in [-0.4, -0.2) is 196 Å². The molecule has 0 aromatic carbocycles. The van der Waals surface area contributed by atoms with Gasteiger partial charge in [-0.2, -0.15) is 0 Å². The lowest BCUT2D eigenvalue weighted by molar-refractivity contribution is -0.121. The second-order valence-corrected chi connectivity index (χ2v) is 58.0. The molecule has 8 fully saturated rings. The van der Waals surface area contributed by atoms with Crippen LogP contribution in [0.1, 0.15) is 91.9 Å². The van der Waals surface area contributed by atoms with Gasteiger partial charge in [-0.25, -0.2) is 0 Å². The van der Waals surface area contributed by atoms with E-state index in [2.05, 4.69) is 5.32 Å². The summed E-state index contributed by atoms with van der Waals surface area (Å²) in [6, 6.07) is -0.234. The molecule has 0 aromatic rings. The molecule has 26 nitrogen and oxygen atoms in total. The van der Waals surface area contributed by atoms with Crippen LogP contribution in [0, 0.1) is 0 Å². The van der Waals surface area contributed by atoms with Crippen molar-refractivity contribution in [1.29, 1.82) is 0 Å². The van der Waals surface area contributed by atoms with Crippen LogP contribution in [0.3, 0.4) is 0 Å². The lowest BCUT2D eigenvalue weighted by Crippen LogP contribution is -2.80. The molecule has 4 bridgehead atoms. The fourth-order valence-corrected chi connectivity index (χ4v) is 67.7. The van der Waals surface area contributed by atoms with Gasteiger partial charge in [0.25, 0.3) is 0 Å². The highest BCUT2D eigenvalue weighted by Crippen LogP contribution is 2.69. The molecule has 8 aliphatic rings. The zero-order chi connectivity index (χ0) is 52.4. The average molecular weight is 1210 g/mol. The average Bonchev–Trinajstić information content (AvgIpc) is 3.31. The third-order valence-electron chi connectivity index (χ3n) is 16.5. The molecule has 11 N–H and O–H groups in total. The van der Waals surface area contributed by atoms with E-state index in [0.29, 0.717) is 64.3 Å². The molecule has 8 rings (SSSR count). The molecule has 4 atom stereocenters. The second-order valence-electron chi connectivity index (χ2n) is 22.5. The molecular formula is C32H73NO25Si12. The molecule has 1 amide bonds. The van der Waals surface area contributed by atoms with Gasteiger partial charge in [-0.1, -0.05) is 32.1 Å². The third kappa shape index (κ3) is 8.25. The molecule has 0 aromatic heterocycles. The molecule has 0 aliphatic carbocycles. The number of fused-ring (bicyclic) bond motifs is 2. The molecule has 38 heteroatoms. The maximum Gasteiger partial charge on any atom is 0.667 e. The maximum atomic E-state index is 12.8. The summed E-state index contributed by atoms with van der Waals surface area (Å²) in [6.07, 6.45) is 4.98. The first kappa shape index (κ1) is 57.3. The molecule has 8 saturated heterocycles. The van der Waals surface area contributed by atoms with Crippen LogP contribution in [0.25, 0.3) is 0 Å².